The van der Waals surface area contributed by atoms with E-state index in [1.807, 2.05) is 19.9 Å². The quantitative estimate of drug-likeness (QED) is 0.626. The third-order valence-corrected chi connectivity index (χ3v) is 5.76. The second-order valence-electron chi connectivity index (χ2n) is 5.86. The lowest BCUT2D eigenvalue weighted by atomic mass is 10.1. The predicted octanol–water partition coefficient (Wildman–Crippen LogP) is 2.66. The van der Waals surface area contributed by atoms with E-state index in [1.54, 1.807) is 6.92 Å². The van der Waals surface area contributed by atoms with E-state index in [4.69, 9.17) is 5.73 Å². The van der Waals surface area contributed by atoms with Crippen molar-refractivity contribution in [3.05, 3.63) is 22.8 Å². The Labute approximate surface area is 121 Å². The fourth-order valence-corrected chi connectivity index (χ4v) is 4.22. The molecule has 3 N–H and O–H groups in total. The lowest BCUT2D eigenvalue weighted by Gasteiger charge is -2.15. The molecular weight excluding hydrogens is 272 g/mol. The molecule has 0 spiro atoms. The van der Waals surface area contributed by atoms with Crippen molar-refractivity contribution in [3.8, 4) is 0 Å². The fourth-order valence-electron chi connectivity index (χ4n) is 2.67. The van der Waals surface area contributed by atoms with Gasteiger partial charge in [-0.25, -0.2) is 13.1 Å². The Morgan fingerprint density at radius 3 is 2.50 bits per heavy atom. The molecule has 1 aliphatic carbocycles. The molecule has 0 unspecified atom stereocenters. The van der Waals surface area contributed by atoms with E-state index in [0.717, 1.165) is 29.9 Å². The van der Waals surface area contributed by atoms with Crippen LogP contribution in [0.3, 0.4) is 0 Å². The minimum absolute atomic E-state index is 0.340. The fraction of sp³-hybridized carbons (Fsp3) is 0.600. The number of nitrogen functional groups attached to an aromatic ring is 1. The number of hydrogen-bond acceptors (Lipinski definition) is 3. The number of hydrogen-bond donors (Lipinski definition) is 2. The molecule has 1 fully saturated rings. The van der Waals surface area contributed by atoms with Gasteiger partial charge in [0.1, 0.15) is 0 Å². The molecule has 0 aromatic heterocycles. The second kappa shape index (κ2) is 5.74. The average Bonchev–Trinajstić information content (AvgIpc) is 3.15. The smallest absolute Gasteiger partial charge is 0.241 e. The second-order valence-corrected chi connectivity index (χ2v) is 7.57. The van der Waals surface area contributed by atoms with Crippen molar-refractivity contribution in [1.29, 1.82) is 0 Å². The average molecular weight is 296 g/mol. The first-order chi connectivity index (χ1) is 9.33. The molecule has 112 valence electrons. The first-order valence-corrected chi connectivity index (χ1v) is 8.67. The SMILES string of the molecule is Cc1cc(C)c(S(=O)(=O)NCCCC2CC2)c(C)c1N. The van der Waals surface area contributed by atoms with Crippen LogP contribution in [-0.4, -0.2) is 15.0 Å². The minimum Gasteiger partial charge on any atom is -0.398 e. The van der Waals surface area contributed by atoms with Gasteiger partial charge in [-0.3, -0.25) is 0 Å². The maximum atomic E-state index is 12.4. The van der Waals surface area contributed by atoms with Crippen molar-refractivity contribution < 1.29 is 8.42 Å². The van der Waals surface area contributed by atoms with Gasteiger partial charge in [0.2, 0.25) is 10.0 Å². The topological polar surface area (TPSA) is 72.2 Å². The van der Waals surface area contributed by atoms with Crippen molar-refractivity contribution in [3.63, 3.8) is 0 Å². The summed E-state index contributed by atoms with van der Waals surface area (Å²) in [6.45, 7) is 5.99. The number of anilines is 1. The van der Waals surface area contributed by atoms with Crippen molar-refractivity contribution >= 4 is 15.7 Å². The van der Waals surface area contributed by atoms with E-state index >= 15 is 0 Å². The highest BCUT2D eigenvalue weighted by Crippen LogP contribution is 2.33. The standard InChI is InChI=1S/C15H24N2O2S/c1-10-9-11(2)15(12(3)14(10)16)20(18,19)17-8-4-5-13-6-7-13/h9,13,17H,4-8,16H2,1-3H3. The van der Waals surface area contributed by atoms with Crippen molar-refractivity contribution in [2.24, 2.45) is 5.92 Å². The molecule has 1 aliphatic rings. The summed E-state index contributed by atoms with van der Waals surface area (Å²) >= 11 is 0. The third-order valence-electron chi connectivity index (χ3n) is 4.01. The van der Waals surface area contributed by atoms with E-state index in [-0.39, 0.29) is 0 Å². The Morgan fingerprint density at radius 1 is 1.25 bits per heavy atom. The normalized spacial score (nSPS) is 15.6. The number of aryl methyl sites for hydroxylation is 2. The van der Waals surface area contributed by atoms with Crippen LogP contribution in [0.1, 0.15) is 42.4 Å². The molecule has 1 aromatic rings. The first kappa shape index (κ1) is 15.3. The zero-order valence-electron chi connectivity index (χ0n) is 12.5. The zero-order chi connectivity index (χ0) is 14.9. The Balaban J connectivity index is 2.13. The van der Waals surface area contributed by atoms with Gasteiger partial charge in [0.15, 0.2) is 0 Å². The molecular formula is C15H24N2O2S. The molecule has 1 aromatic carbocycles. The van der Waals surface area contributed by atoms with Crippen LogP contribution >= 0.6 is 0 Å². The van der Waals surface area contributed by atoms with E-state index in [1.165, 1.54) is 12.8 Å². The van der Waals surface area contributed by atoms with Crippen LogP contribution in [-0.2, 0) is 10.0 Å². The molecule has 0 radical (unpaired) electrons. The summed E-state index contributed by atoms with van der Waals surface area (Å²) in [5, 5.41) is 0. The molecule has 1 saturated carbocycles. The summed E-state index contributed by atoms with van der Waals surface area (Å²) < 4.78 is 27.6. The number of nitrogens with one attached hydrogen (secondary N) is 1. The van der Waals surface area contributed by atoms with Gasteiger partial charge in [0.25, 0.3) is 0 Å². The van der Waals surface area contributed by atoms with E-state index in [9.17, 15) is 8.42 Å². The highest BCUT2D eigenvalue weighted by molar-refractivity contribution is 7.89. The van der Waals surface area contributed by atoms with Crippen LogP contribution in [0, 0.1) is 26.7 Å². The summed E-state index contributed by atoms with van der Waals surface area (Å²) in [6, 6.07) is 1.83. The maximum absolute atomic E-state index is 12.4. The first-order valence-electron chi connectivity index (χ1n) is 7.19. The van der Waals surface area contributed by atoms with E-state index in [2.05, 4.69) is 4.72 Å². The molecule has 0 aliphatic heterocycles. The largest absolute Gasteiger partial charge is 0.398 e. The molecule has 5 heteroatoms. The third kappa shape index (κ3) is 3.33. The van der Waals surface area contributed by atoms with Crippen LogP contribution < -0.4 is 10.5 Å². The van der Waals surface area contributed by atoms with Crippen LogP contribution in [0.2, 0.25) is 0 Å². The van der Waals surface area contributed by atoms with Gasteiger partial charge in [-0.2, -0.15) is 0 Å². The van der Waals surface area contributed by atoms with Crippen LogP contribution in [0.5, 0.6) is 0 Å². The zero-order valence-corrected chi connectivity index (χ0v) is 13.3. The minimum atomic E-state index is -3.47. The van der Waals surface area contributed by atoms with Crippen molar-refractivity contribution in [2.75, 3.05) is 12.3 Å². The highest BCUT2D eigenvalue weighted by Gasteiger charge is 2.23. The van der Waals surface area contributed by atoms with Gasteiger partial charge < -0.3 is 5.73 Å². The maximum Gasteiger partial charge on any atom is 0.241 e. The van der Waals surface area contributed by atoms with Gasteiger partial charge in [-0.15, -0.1) is 0 Å². The summed E-state index contributed by atoms with van der Waals surface area (Å²) in [7, 11) is -3.47. The van der Waals surface area contributed by atoms with Gasteiger partial charge >= 0.3 is 0 Å². The molecule has 0 bridgehead atoms. The Hall–Kier alpha value is -1.07. The molecule has 0 amide bonds. The van der Waals surface area contributed by atoms with Gasteiger partial charge in [0, 0.05) is 12.2 Å². The van der Waals surface area contributed by atoms with Crippen LogP contribution in [0.15, 0.2) is 11.0 Å². The lowest BCUT2D eigenvalue weighted by Crippen LogP contribution is -2.26. The van der Waals surface area contributed by atoms with Crippen molar-refractivity contribution in [1.82, 2.24) is 4.72 Å². The summed E-state index contributed by atoms with van der Waals surface area (Å²) in [5.74, 6) is 0.831. The monoisotopic (exact) mass is 296 g/mol. The van der Waals surface area contributed by atoms with Crippen LogP contribution in [0.4, 0.5) is 5.69 Å². The van der Waals surface area contributed by atoms with E-state index < -0.39 is 10.0 Å². The Kier molecular flexibility index (Phi) is 4.39. The molecule has 0 heterocycles. The number of benzene rings is 1. The predicted molar refractivity (Wildman–Crippen MR) is 82.2 cm³/mol. The molecule has 0 atom stereocenters. The number of sulfonamides is 1. The molecule has 0 saturated heterocycles. The van der Waals surface area contributed by atoms with Gasteiger partial charge in [0.05, 0.1) is 4.90 Å². The van der Waals surface area contributed by atoms with E-state index in [0.29, 0.717) is 22.7 Å². The van der Waals surface area contributed by atoms with Crippen molar-refractivity contribution in [2.45, 2.75) is 51.3 Å². The van der Waals surface area contributed by atoms with Gasteiger partial charge in [-0.05, 0) is 56.2 Å². The Bertz CT molecular complexity index is 605. The van der Waals surface area contributed by atoms with Crippen LogP contribution in [0.25, 0.3) is 0 Å². The number of nitrogens with two attached hydrogens (primary N) is 1. The summed E-state index contributed by atoms with van der Waals surface area (Å²) in [4.78, 5) is 0.340. The summed E-state index contributed by atoms with van der Waals surface area (Å²) in [6.07, 6.45) is 4.64. The molecule has 4 nitrogen and oxygen atoms in total. The van der Waals surface area contributed by atoms with Gasteiger partial charge in [-0.1, -0.05) is 18.9 Å². The highest BCUT2D eigenvalue weighted by atomic mass is 32.2. The number of rotatable bonds is 6. The molecule has 2 rings (SSSR count). The Morgan fingerprint density at radius 2 is 1.90 bits per heavy atom. The lowest BCUT2D eigenvalue weighted by molar-refractivity contribution is 0.571. The molecule has 20 heavy (non-hydrogen) atoms. The summed E-state index contributed by atoms with van der Waals surface area (Å²) in [5.41, 5.74) is 8.85.